The highest BCUT2D eigenvalue weighted by Gasteiger charge is 2.35. The van der Waals surface area contributed by atoms with Crippen LogP contribution in [-0.4, -0.2) is 0 Å². The first-order chi connectivity index (χ1) is 12.7. The maximum absolute atomic E-state index is 14.2. The van der Waals surface area contributed by atoms with Gasteiger partial charge in [-0.25, -0.2) is 4.39 Å². The highest BCUT2D eigenvalue weighted by molar-refractivity contribution is 6.31. The van der Waals surface area contributed by atoms with Crippen LogP contribution < -0.4 is 0 Å². The first-order valence-corrected chi connectivity index (χ1v) is 10.9. The van der Waals surface area contributed by atoms with Gasteiger partial charge >= 0.3 is 0 Å². The van der Waals surface area contributed by atoms with Gasteiger partial charge in [-0.3, -0.25) is 0 Å². The van der Waals surface area contributed by atoms with Crippen molar-refractivity contribution in [1.82, 2.24) is 0 Å². The summed E-state index contributed by atoms with van der Waals surface area (Å²) in [6.07, 6.45) is 12.5. The molecule has 26 heavy (non-hydrogen) atoms. The van der Waals surface area contributed by atoms with Crippen LogP contribution in [0, 0.1) is 23.6 Å². The molecule has 140 valence electrons. The maximum Gasteiger partial charge on any atom is 0.149 e. The summed E-state index contributed by atoms with van der Waals surface area (Å²) in [4.78, 5) is 0. The minimum Gasteiger partial charge on any atom is -0.205 e. The van der Waals surface area contributed by atoms with Crippen molar-refractivity contribution >= 4 is 22.4 Å². The third kappa shape index (κ3) is 3.65. The summed E-state index contributed by atoms with van der Waals surface area (Å²) < 4.78 is 14.2. The predicted molar refractivity (Wildman–Crippen MR) is 109 cm³/mol. The van der Waals surface area contributed by atoms with Crippen LogP contribution in [0.25, 0.3) is 10.8 Å². The molecular weight excluding hydrogens is 343 g/mol. The van der Waals surface area contributed by atoms with Crippen LogP contribution in [0.15, 0.2) is 30.3 Å². The van der Waals surface area contributed by atoms with E-state index in [-0.39, 0.29) is 10.8 Å². The molecular formula is C24H30ClF. The van der Waals surface area contributed by atoms with Gasteiger partial charge in [0.2, 0.25) is 0 Å². The Morgan fingerprint density at radius 1 is 1.00 bits per heavy atom. The Bertz CT molecular complexity index is 768. The largest absolute Gasteiger partial charge is 0.205 e. The number of hydrogen-bond donors (Lipinski definition) is 0. The van der Waals surface area contributed by atoms with E-state index in [2.05, 4.69) is 19.1 Å². The first-order valence-electron chi connectivity index (χ1n) is 10.5. The average molecular weight is 373 g/mol. The lowest BCUT2D eigenvalue weighted by atomic mass is 9.63. The maximum atomic E-state index is 14.2. The fraction of sp³-hybridized carbons (Fsp3) is 0.583. The summed E-state index contributed by atoms with van der Waals surface area (Å²) in [5.74, 6) is 3.21. The molecule has 0 aliphatic heterocycles. The topological polar surface area (TPSA) is 0 Å². The van der Waals surface area contributed by atoms with E-state index in [1.165, 1.54) is 63.4 Å². The molecule has 2 aliphatic rings. The number of unbranched alkanes of at least 4 members (excludes halogenated alkanes) is 1. The summed E-state index contributed by atoms with van der Waals surface area (Å²) in [6, 6.07) is 9.90. The Kier molecular flexibility index (Phi) is 5.55. The quantitative estimate of drug-likeness (QED) is 0.508. The van der Waals surface area contributed by atoms with Crippen LogP contribution in [0.4, 0.5) is 4.39 Å². The third-order valence-corrected chi connectivity index (χ3v) is 7.38. The summed E-state index contributed by atoms with van der Waals surface area (Å²) in [5, 5.41) is 1.84. The van der Waals surface area contributed by atoms with Crippen LogP contribution in [0.1, 0.15) is 76.2 Å². The fourth-order valence-corrected chi connectivity index (χ4v) is 5.75. The van der Waals surface area contributed by atoms with E-state index in [0.29, 0.717) is 11.3 Å². The molecule has 0 saturated heterocycles. The zero-order chi connectivity index (χ0) is 18.1. The zero-order valence-corrected chi connectivity index (χ0v) is 16.6. The number of fused-ring (bicyclic) bond motifs is 2. The van der Waals surface area contributed by atoms with Crippen LogP contribution in [-0.2, 0) is 0 Å². The normalized spacial score (nSPS) is 28.9. The Balaban J connectivity index is 1.46. The molecule has 2 heteroatoms. The Hall–Kier alpha value is -1.08. The number of hydrogen-bond acceptors (Lipinski definition) is 0. The molecule has 0 radical (unpaired) electrons. The smallest absolute Gasteiger partial charge is 0.149 e. The number of halogens is 2. The molecule has 0 spiro atoms. The monoisotopic (exact) mass is 372 g/mol. The van der Waals surface area contributed by atoms with E-state index in [1.54, 1.807) is 6.07 Å². The predicted octanol–water partition coefficient (Wildman–Crippen LogP) is 8.12. The van der Waals surface area contributed by atoms with Gasteiger partial charge in [-0.15, -0.1) is 0 Å². The van der Waals surface area contributed by atoms with Gasteiger partial charge in [0.05, 0.1) is 5.02 Å². The summed E-state index contributed by atoms with van der Waals surface area (Å²) in [5.41, 5.74) is 1.39. The molecule has 2 aliphatic carbocycles. The van der Waals surface area contributed by atoms with E-state index in [4.69, 9.17) is 11.6 Å². The Labute approximate surface area is 162 Å². The number of rotatable bonds is 4. The second kappa shape index (κ2) is 7.89. The molecule has 2 saturated carbocycles. The van der Waals surface area contributed by atoms with Crippen molar-refractivity contribution in [3.05, 3.63) is 46.7 Å². The standard InChI is InChI=1S/C24H30ClF/c1-2-3-4-16-5-6-18-14-19(8-7-17(18)13-16)20-9-11-22-21(15-20)10-12-23(25)24(22)26/h9-12,15-19H,2-8,13-14H2,1H3. The SMILES string of the molecule is CCCCC1CCC2CC(c3ccc4c(F)c(Cl)ccc4c3)CCC2C1. The summed E-state index contributed by atoms with van der Waals surface area (Å²) in [6.45, 7) is 2.31. The van der Waals surface area contributed by atoms with Crippen LogP contribution in [0.3, 0.4) is 0 Å². The van der Waals surface area contributed by atoms with Crippen molar-refractivity contribution in [2.24, 2.45) is 17.8 Å². The lowest BCUT2D eigenvalue weighted by Gasteiger charge is -2.42. The molecule has 0 nitrogen and oxygen atoms in total. The van der Waals surface area contributed by atoms with Crippen LogP contribution in [0.5, 0.6) is 0 Å². The van der Waals surface area contributed by atoms with Gasteiger partial charge in [-0.2, -0.15) is 0 Å². The van der Waals surface area contributed by atoms with Crippen LogP contribution in [0.2, 0.25) is 5.02 Å². The first kappa shape index (κ1) is 18.3. The Morgan fingerprint density at radius 3 is 2.65 bits per heavy atom. The van der Waals surface area contributed by atoms with Gasteiger partial charge in [0, 0.05) is 5.39 Å². The molecule has 4 rings (SSSR count). The van der Waals surface area contributed by atoms with Crippen LogP contribution >= 0.6 is 11.6 Å². The van der Waals surface area contributed by atoms with Crippen molar-refractivity contribution in [2.45, 2.75) is 70.6 Å². The number of benzene rings is 2. The average Bonchev–Trinajstić information content (AvgIpc) is 2.68. The van der Waals surface area contributed by atoms with E-state index < -0.39 is 0 Å². The molecule has 2 fully saturated rings. The molecule has 0 aromatic heterocycles. The lowest BCUT2D eigenvalue weighted by molar-refractivity contribution is 0.113. The molecule has 0 amide bonds. The molecule has 0 heterocycles. The molecule has 4 unspecified atom stereocenters. The molecule has 2 aromatic carbocycles. The highest BCUT2D eigenvalue weighted by Crippen LogP contribution is 2.48. The lowest BCUT2D eigenvalue weighted by Crippen LogP contribution is -2.30. The van der Waals surface area contributed by atoms with Gasteiger partial charge in [-0.1, -0.05) is 68.5 Å². The minimum atomic E-state index is -0.287. The van der Waals surface area contributed by atoms with E-state index in [9.17, 15) is 4.39 Å². The second-order valence-electron chi connectivity index (χ2n) is 8.69. The fourth-order valence-electron chi connectivity index (χ4n) is 5.58. The van der Waals surface area contributed by atoms with Crippen molar-refractivity contribution in [1.29, 1.82) is 0 Å². The zero-order valence-electron chi connectivity index (χ0n) is 15.8. The third-order valence-electron chi connectivity index (χ3n) is 7.09. The molecule has 0 N–H and O–H groups in total. The van der Waals surface area contributed by atoms with E-state index in [0.717, 1.165) is 23.1 Å². The second-order valence-corrected chi connectivity index (χ2v) is 9.10. The van der Waals surface area contributed by atoms with Crippen molar-refractivity contribution in [2.75, 3.05) is 0 Å². The van der Waals surface area contributed by atoms with Gasteiger partial charge in [0.25, 0.3) is 0 Å². The van der Waals surface area contributed by atoms with Crippen molar-refractivity contribution in [3.63, 3.8) is 0 Å². The molecule has 0 bridgehead atoms. The molecule has 2 aromatic rings. The van der Waals surface area contributed by atoms with Crippen molar-refractivity contribution in [3.8, 4) is 0 Å². The van der Waals surface area contributed by atoms with E-state index in [1.807, 2.05) is 12.1 Å². The van der Waals surface area contributed by atoms with E-state index >= 15 is 0 Å². The van der Waals surface area contributed by atoms with Gasteiger partial charge in [0.15, 0.2) is 0 Å². The van der Waals surface area contributed by atoms with Gasteiger partial charge in [0.1, 0.15) is 5.82 Å². The molecule has 4 atom stereocenters. The van der Waals surface area contributed by atoms with Crippen molar-refractivity contribution < 1.29 is 4.39 Å². The summed E-state index contributed by atoms with van der Waals surface area (Å²) >= 11 is 5.92. The highest BCUT2D eigenvalue weighted by atomic mass is 35.5. The minimum absolute atomic E-state index is 0.214. The Morgan fingerprint density at radius 2 is 1.81 bits per heavy atom. The van der Waals surface area contributed by atoms with Gasteiger partial charge < -0.3 is 0 Å². The summed E-state index contributed by atoms with van der Waals surface area (Å²) in [7, 11) is 0. The van der Waals surface area contributed by atoms with Gasteiger partial charge in [-0.05, 0) is 72.8 Å².